The summed E-state index contributed by atoms with van der Waals surface area (Å²) in [5.41, 5.74) is 3.01. The third-order valence-electron chi connectivity index (χ3n) is 0.692. The number of hydrogen-bond donors (Lipinski definition) is 2. The zero-order valence-electron chi connectivity index (χ0n) is 4.13. The minimum absolute atomic E-state index is 0.639. The zero-order valence-corrected chi connectivity index (χ0v) is 4.13. The molecule has 0 spiro atoms. The molecule has 4 heteroatoms. The molecule has 3 N–H and O–H groups in total. The average Bonchev–Trinajstić information content (AvgIpc) is 1.90. The minimum Gasteiger partial charge on any atom is -0.359 e. The van der Waals surface area contributed by atoms with Gasteiger partial charge in [0, 0.05) is 0 Å². The van der Waals surface area contributed by atoms with Gasteiger partial charge in [-0.15, -0.1) is 0 Å². The first kappa shape index (κ1) is 4.99. The average molecular weight is 109 g/mol. The molecular weight excluding hydrogens is 104 g/mol. The molecule has 0 fully saturated rings. The molecule has 0 bridgehead atoms. The fraction of sp³-hybridized carbons (Fsp3) is 0. The van der Waals surface area contributed by atoms with E-state index >= 15 is 0 Å². The first-order valence-electron chi connectivity index (χ1n) is 2.09. The molecule has 0 saturated heterocycles. The van der Waals surface area contributed by atoms with Crippen molar-refractivity contribution in [3.05, 3.63) is 18.5 Å². The molecule has 4 nitrogen and oxygen atoms in total. The van der Waals surface area contributed by atoms with Gasteiger partial charge in [0.25, 0.3) is 0 Å². The van der Waals surface area contributed by atoms with Crippen LogP contribution in [0.1, 0.15) is 0 Å². The third kappa shape index (κ3) is 0.913. The van der Waals surface area contributed by atoms with E-state index in [2.05, 4.69) is 21.8 Å². The Morgan fingerprint density at radius 3 is 3.00 bits per heavy atom. The lowest BCUT2D eigenvalue weighted by molar-refractivity contribution is 1.02. The van der Waals surface area contributed by atoms with Crippen molar-refractivity contribution in [1.82, 2.24) is 10.2 Å². The summed E-state index contributed by atoms with van der Waals surface area (Å²) in [5.74, 6) is 5.00. The molecule has 0 aliphatic rings. The summed E-state index contributed by atoms with van der Waals surface area (Å²) in [5, 5.41) is 6.93. The van der Waals surface area contributed by atoms with Crippen molar-refractivity contribution in [1.29, 1.82) is 0 Å². The van der Waals surface area contributed by atoms with Gasteiger partial charge in [0.1, 0.15) is 0 Å². The Hall–Kier alpha value is -1.16. The molecule has 1 aromatic heterocycles. The minimum atomic E-state index is 0.639. The van der Waals surface area contributed by atoms with Crippen LogP contribution in [0, 0.1) is 6.20 Å². The summed E-state index contributed by atoms with van der Waals surface area (Å²) in [6.45, 7) is 0. The first-order valence-corrected chi connectivity index (χ1v) is 2.09. The number of nitrogen functional groups attached to an aromatic ring is 1. The van der Waals surface area contributed by atoms with Crippen LogP contribution >= 0.6 is 0 Å². The standard InChI is InChI=1S/C4H5N4/c5-8-4-1-2-6-7-3-4/h1-2H,5H2,(H,6,8)/q-1. The van der Waals surface area contributed by atoms with E-state index in [1.54, 1.807) is 6.07 Å². The largest absolute Gasteiger partial charge is 0.359 e. The fourth-order valence-electron chi connectivity index (χ4n) is 0.342. The second-order valence-electron chi connectivity index (χ2n) is 1.20. The molecule has 1 aromatic rings. The summed E-state index contributed by atoms with van der Waals surface area (Å²) in [4.78, 5) is 0. The van der Waals surface area contributed by atoms with E-state index in [-0.39, 0.29) is 0 Å². The Labute approximate surface area is 46.7 Å². The lowest BCUT2D eigenvalue weighted by Gasteiger charge is -2.02. The predicted molar refractivity (Wildman–Crippen MR) is 28.7 cm³/mol. The molecular formula is C4H5N4-. The summed E-state index contributed by atoms with van der Waals surface area (Å²) in [6.07, 6.45) is 4.05. The Balaban J connectivity index is 2.83. The number of hydrazine groups is 1. The lowest BCUT2D eigenvalue weighted by Crippen LogP contribution is -2.06. The maximum atomic E-state index is 5.00. The highest BCUT2D eigenvalue weighted by Crippen LogP contribution is 1.94. The summed E-state index contributed by atoms with van der Waals surface area (Å²) >= 11 is 0. The zero-order chi connectivity index (χ0) is 5.82. The van der Waals surface area contributed by atoms with Gasteiger partial charge >= 0.3 is 0 Å². The highest BCUT2D eigenvalue weighted by Gasteiger charge is 1.68. The second-order valence-corrected chi connectivity index (χ2v) is 1.20. The molecule has 0 radical (unpaired) electrons. The van der Waals surface area contributed by atoms with Gasteiger partial charge in [-0.2, -0.15) is 11.2 Å². The number of nitrogens with one attached hydrogen (secondary N) is 1. The molecule has 0 aromatic carbocycles. The number of nitrogens with two attached hydrogens (primary N) is 1. The maximum absolute atomic E-state index is 5.00. The summed E-state index contributed by atoms with van der Waals surface area (Å²) in [6, 6.07) is 1.67. The van der Waals surface area contributed by atoms with E-state index in [0.29, 0.717) is 5.69 Å². The van der Waals surface area contributed by atoms with Crippen LogP contribution in [0.25, 0.3) is 0 Å². The molecule has 0 saturated carbocycles. The van der Waals surface area contributed by atoms with E-state index in [1.807, 2.05) is 0 Å². The van der Waals surface area contributed by atoms with Gasteiger partial charge in [-0.3, -0.25) is 10.9 Å². The topological polar surface area (TPSA) is 63.8 Å². The molecule has 1 rings (SSSR count). The van der Waals surface area contributed by atoms with E-state index < -0.39 is 0 Å². The molecule has 0 atom stereocenters. The van der Waals surface area contributed by atoms with Crippen LogP contribution in [0.4, 0.5) is 5.69 Å². The van der Waals surface area contributed by atoms with Crippen molar-refractivity contribution < 1.29 is 0 Å². The van der Waals surface area contributed by atoms with Crippen molar-refractivity contribution in [2.45, 2.75) is 0 Å². The Morgan fingerprint density at radius 2 is 2.62 bits per heavy atom. The van der Waals surface area contributed by atoms with Crippen molar-refractivity contribution in [2.75, 3.05) is 5.43 Å². The first-order chi connectivity index (χ1) is 3.93. The SMILES string of the molecule is NNc1[c-]nncc1. The van der Waals surface area contributed by atoms with Gasteiger partial charge in [-0.05, 0) is 6.20 Å². The van der Waals surface area contributed by atoms with E-state index in [9.17, 15) is 0 Å². The smallest absolute Gasteiger partial charge is 0.0310 e. The molecule has 0 amide bonds. The number of rotatable bonds is 1. The monoisotopic (exact) mass is 109 g/mol. The second kappa shape index (κ2) is 2.23. The van der Waals surface area contributed by atoms with Gasteiger partial charge in [0.15, 0.2) is 0 Å². The van der Waals surface area contributed by atoms with Gasteiger partial charge in [-0.1, -0.05) is 11.9 Å². The number of hydrogen-bond acceptors (Lipinski definition) is 4. The van der Waals surface area contributed by atoms with Crippen molar-refractivity contribution >= 4 is 5.69 Å². The van der Waals surface area contributed by atoms with Crippen LogP contribution in [0.5, 0.6) is 0 Å². The highest BCUT2D eigenvalue weighted by molar-refractivity contribution is 5.35. The van der Waals surface area contributed by atoms with Gasteiger partial charge in [0.2, 0.25) is 0 Å². The molecule has 1 heterocycles. The predicted octanol–water partition coefficient (Wildman–Crippen LogP) is -0.438. The van der Waals surface area contributed by atoms with E-state index in [4.69, 9.17) is 5.84 Å². The Bertz CT molecular complexity index is 149. The van der Waals surface area contributed by atoms with Crippen LogP contribution in [-0.4, -0.2) is 10.2 Å². The highest BCUT2D eigenvalue weighted by atomic mass is 15.2. The van der Waals surface area contributed by atoms with Gasteiger partial charge in [0.05, 0.1) is 0 Å². The Kier molecular flexibility index (Phi) is 1.39. The molecule has 0 aliphatic heterocycles. The quantitative estimate of drug-likeness (QED) is 0.291. The van der Waals surface area contributed by atoms with Crippen LogP contribution in [0.3, 0.4) is 0 Å². The summed E-state index contributed by atoms with van der Waals surface area (Å²) < 4.78 is 0. The number of nitrogens with zero attached hydrogens (tertiary/aromatic N) is 2. The maximum Gasteiger partial charge on any atom is -0.0310 e. The van der Waals surface area contributed by atoms with Crippen LogP contribution in [-0.2, 0) is 0 Å². The van der Waals surface area contributed by atoms with Crippen molar-refractivity contribution in [2.24, 2.45) is 5.84 Å². The van der Waals surface area contributed by atoms with E-state index in [1.165, 1.54) is 6.20 Å². The van der Waals surface area contributed by atoms with E-state index in [0.717, 1.165) is 0 Å². The molecule has 0 unspecified atom stereocenters. The van der Waals surface area contributed by atoms with Crippen molar-refractivity contribution in [3.63, 3.8) is 0 Å². The van der Waals surface area contributed by atoms with Crippen LogP contribution in [0.15, 0.2) is 12.3 Å². The molecule has 8 heavy (non-hydrogen) atoms. The number of aromatic nitrogens is 2. The summed E-state index contributed by atoms with van der Waals surface area (Å²) in [7, 11) is 0. The molecule has 42 valence electrons. The molecule has 0 aliphatic carbocycles. The Morgan fingerprint density at radius 1 is 1.75 bits per heavy atom. The van der Waals surface area contributed by atoms with Gasteiger partial charge in [-0.25, -0.2) is 0 Å². The number of anilines is 1. The van der Waals surface area contributed by atoms with Crippen LogP contribution in [0.2, 0.25) is 0 Å². The normalized spacial score (nSPS) is 8.62. The van der Waals surface area contributed by atoms with Crippen molar-refractivity contribution in [3.8, 4) is 0 Å². The van der Waals surface area contributed by atoms with Crippen LogP contribution < -0.4 is 11.3 Å². The van der Waals surface area contributed by atoms with Gasteiger partial charge < -0.3 is 5.43 Å². The lowest BCUT2D eigenvalue weighted by atomic mass is 10.5. The fourth-order valence-corrected chi connectivity index (χ4v) is 0.342. The third-order valence-corrected chi connectivity index (χ3v) is 0.692.